The molecule has 0 heterocycles. The van der Waals surface area contributed by atoms with E-state index in [1.807, 2.05) is 0 Å². The molecule has 1 radical (unpaired) electrons. The van der Waals surface area contributed by atoms with Gasteiger partial charge in [0.25, 0.3) is 17.1 Å². The van der Waals surface area contributed by atoms with E-state index in [1.54, 1.807) is 0 Å². The first-order chi connectivity index (χ1) is 19.8. The Balaban J connectivity index is 0.000000608. The van der Waals surface area contributed by atoms with Crippen molar-refractivity contribution in [3.05, 3.63) is 138 Å². The van der Waals surface area contributed by atoms with Crippen molar-refractivity contribution >= 4 is 53.2 Å². The van der Waals surface area contributed by atoms with Crippen molar-refractivity contribution in [3.8, 4) is 0 Å². The van der Waals surface area contributed by atoms with Crippen LogP contribution in [0, 0.1) is 77.3 Å². The third kappa shape index (κ3) is 16.8. The van der Waals surface area contributed by atoms with E-state index < -0.39 is 32.7 Å². The molecule has 0 amide bonds. The number of carboxylic acid groups (broad SMARTS) is 3. The van der Waals surface area contributed by atoms with Crippen LogP contribution in [0.15, 0.2) is 91.0 Å². The predicted molar refractivity (Wildman–Crippen MR) is 141 cm³/mol. The van der Waals surface area contributed by atoms with Crippen LogP contribution in [-0.4, -0.2) is 32.7 Å². The molecule has 43 heavy (non-hydrogen) atoms. The summed E-state index contributed by atoms with van der Waals surface area (Å²) in [5.74, 6) is -3.91. The van der Waals surface area contributed by atoms with Gasteiger partial charge in [-0.1, -0.05) is 18.2 Å². The zero-order valence-electron chi connectivity index (χ0n) is 21.4. The maximum absolute atomic E-state index is 10.3. The van der Waals surface area contributed by atoms with Crippen molar-refractivity contribution in [1.29, 1.82) is 0 Å². The minimum Gasteiger partial charge on any atom is -0.545 e. The van der Waals surface area contributed by atoms with Crippen molar-refractivity contribution < 1.29 is 91.4 Å². The number of aliphatic carboxylic acids is 3. The molecule has 0 atom stereocenters. The molecule has 0 saturated heterocycles. The van der Waals surface area contributed by atoms with Gasteiger partial charge in [0, 0.05) is 36.4 Å². The van der Waals surface area contributed by atoms with Gasteiger partial charge in [0.1, 0.15) is 0 Å². The first kappa shape index (κ1) is 38.0. The fourth-order valence-corrected chi connectivity index (χ4v) is 2.61. The normalized spacial score (nSPS) is 10.0. The molecule has 0 fully saturated rings. The molecule has 3 aromatic carbocycles. The number of non-ortho nitro benzene ring substituents is 3. The van der Waals surface area contributed by atoms with Gasteiger partial charge in [0.2, 0.25) is 0 Å². The SMILES string of the molecule is O=C([O-])/C=C/c1ccc([N+](=O)[O-])cc1.O=C([O-])/C=C/c1ccc([N+](=O)[O-])cc1.O=C([O-])/C=C/c1ccc([N+](=O)[O-])cc1.[Yb+3]. The van der Waals surface area contributed by atoms with Crippen molar-refractivity contribution in [2.75, 3.05) is 0 Å². The Morgan fingerprint density at radius 3 is 0.767 bits per heavy atom. The van der Waals surface area contributed by atoms with Gasteiger partial charge < -0.3 is 29.7 Å². The van der Waals surface area contributed by atoms with Gasteiger partial charge in [0.15, 0.2) is 0 Å². The van der Waals surface area contributed by atoms with E-state index in [-0.39, 0.29) is 64.0 Å². The Morgan fingerprint density at radius 1 is 0.442 bits per heavy atom. The number of benzene rings is 3. The summed E-state index contributed by atoms with van der Waals surface area (Å²) in [4.78, 5) is 59.3. The molecule has 15 nitrogen and oxygen atoms in total. The van der Waals surface area contributed by atoms with Crippen LogP contribution in [0.3, 0.4) is 0 Å². The molecule has 3 rings (SSSR count). The van der Waals surface area contributed by atoms with E-state index in [9.17, 15) is 60.0 Å². The monoisotopic (exact) mass is 750 g/mol. The number of nitrogens with zero attached hydrogens (tertiary/aromatic N) is 3. The molecule has 0 N–H and O–H groups in total. The average molecular weight is 749 g/mol. The maximum Gasteiger partial charge on any atom is 3.00 e. The van der Waals surface area contributed by atoms with E-state index in [2.05, 4.69) is 0 Å². The van der Waals surface area contributed by atoms with Crippen LogP contribution in [0.25, 0.3) is 18.2 Å². The van der Waals surface area contributed by atoms with Crippen LogP contribution < -0.4 is 15.3 Å². The standard InChI is InChI=1S/3C9H7NO4.Yb/c3*11-9(12)6-3-7-1-4-8(5-2-7)10(13)14;/h3*1-6H,(H,11,12);/q;;;+3/p-3/b3*6-3+;. The van der Waals surface area contributed by atoms with Crippen LogP contribution >= 0.6 is 0 Å². The largest absolute Gasteiger partial charge is 3.00 e. The molecule has 0 saturated carbocycles. The number of nitro groups is 3. The topological polar surface area (TPSA) is 250 Å². The Labute approximate surface area is 280 Å². The fraction of sp³-hybridized carbons (Fsp3) is 0. The van der Waals surface area contributed by atoms with E-state index in [4.69, 9.17) is 0 Å². The molecule has 0 aliphatic rings. The molecular formula is C27H18N3O12Yb. The first-order valence-electron chi connectivity index (χ1n) is 11.2. The molecule has 3 aromatic rings. The Bertz CT molecular complexity index is 1330. The zero-order valence-corrected chi connectivity index (χ0v) is 23.1. The second-order valence-electron chi connectivity index (χ2n) is 7.50. The predicted octanol–water partition coefficient (Wildman–Crippen LogP) is 1.07. The van der Waals surface area contributed by atoms with Crippen molar-refractivity contribution in [2.24, 2.45) is 0 Å². The summed E-state index contributed by atoms with van der Waals surface area (Å²) in [6, 6.07) is 16.5. The molecule has 0 unspecified atom stereocenters. The molecule has 0 spiro atoms. The number of carboxylic acids is 3. The molecule has 0 aromatic heterocycles. The molecular weight excluding hydrogens is 731 g/mol. The molecule has 227 valence electrons. The second kappa shape index (κ2) is 20.0. The summed E-state index contributed by atoms with van der Waals surface area (Å²) in [7, 11) is 0. The second-order valence-corrected chi connectivity index (χ2v) is 7.50. The minimum absolute atomic E-state index is 0. The molecule has 0 bridgehead atoms. The van der Waals surface area contributed by atoms with Gasteiger partial charge in [-0.25, -0.2) is 0 Å². The van der Waals surface area contributed by atoms with Crippen molar-refractivity contribution in [3.63, 3.8) is 0 Å². The molecule has 16 heteroatoms. The van der Waals surface area contributed by atoms with Gasteiger partial charge in [0.05, 0.1) is 32.7 Å². The average Bonchev–Trinajstić information content (AvgIpc) is 2.95. The fourth-order valence-electron chi connectivity index (χ4n) is 2.61. The van der Waals surface area contributed by atoms with Gasteiger partial charge >= 0.3 is 46.9 Å². The maximum atomic E-state index is 10.3. The first-order valence-corrected chi connectivity index (χ1v) is 11.2. The Kier molecular flexibility index (Phi) is 17.7. The Morgan fingerprint density at radius 2 is 0.628 bits per heavy atom. The summed E-state index contributed by atoms with van der Waals surface area (Å²) >= 11 is 0. The van der Waals surface area contributed by atoms with Crippen molar-refractivity contribution in [2.45, 2.75) is 0 Å². The van der Waals surface area contributed by atoms with E-state index in [1.165, 1.54) is 91.0 Å². The quantitative estimate of drug-likeness (QED) is 0.169. The third-order valence-electron chi connectivity index (χ3n) is 4.55. The zero-order chi connectivity index (χ0) is 31.7. The minimum atomic E-state index is -1.30. The number of hydrogen-bond acceptors (Lipinski definition) is 12. The van der Waals surface area contributed by atoms with E-state index >= 15 is 0 Å². The van der Waals surface area contributed by atoms with Gasteiger partial charge in [-0.2, -0.15) is 0 Å². The summed E-state index contributed by atoms with van der Waals surface area (Å²) in [6.45, 7) is 0. The summed E-state index contributed by atoms with van der Waals surface area (Å²) in [5, 5.41) is 60.9. The third-order valence-corrected chi connectivity index (χ3v) is 4.55. The van der Waals surface area contributed by atoms with Gasteiger partial charge in [-0.3, -0.25) is 30.3 Å². The van der Waals surface area contributed by atoms with Crippen LogP contribution in [0.4, 0.5) is 17.1 Å². The van der Waals surface area contributed by atoms with Crippen LogP contribution in [0.5, 0.6) is 0 Å². The molecule has 0 aliphatic heterocycles. The number of carbonyl (C=O) groups is 3. The number of nitro benzene ring substituents is 3. The summed E-state index contributed by atoms with van der Waals surface area (Å²) in [6.07, 6.45) is 6.50. The molecule has 0 aliphatic carbocycles. The smallest absolute Gasteiger partial charge is 0.545 e. The van der Waals surface area contributed by atoms with Crippen LogP contribution in [-0.2, 0) is 14.4 Å². The number of hydrogen-bond donors (Lipinski definition) is 0. The van der Waals surface area contributed by atoms with Gasteiger partial charge in [-0.05, 0) is 71.3 Å². The number of rotatable bonds is 9. The van der Waals surface area contributed by atoms with Gasteiger partial charge in [-0.15, -0.1) is 0 Å². The number of carbonyl (C=O) groups excluding carboxylic acids is 3. The van der Waals surface area contributed by atoms with E-state index in [0.29, 0.717) is 16.7 Å². The Hall–Kier alpha value is -4.99. The van der Waals surface area contributed by atoms with Crippen LogP contribution in [0.2, 0.25) is 0 Å². The van der Waals surface area contributed by atoms with E-state index in [0.717, 1.165) is 18.2 Å². The van der Waals surface area contributed by atoms with Crippen LogP contribution in [0.1, 0.15) is 16.7 Å². The van der Waals surface area contributed by atoms with Crippen molar-refractivity contribution in [1.82, 2.24) is 0 Å². The summed E-state index contributed by atoms with van der Waals surface area (Å²) < 4.78 is 0. The summed E-state index contributed by atoms with van der Waals surface area (Å²) in [5.41, 5.74) is 1.61.